The van der Waals surface area contributed by atoms with Gasteiger partial charge in [0.25, 0.3) is 0 Å². The number of rotatable bonds is 3. The van der Waals surface area contributed by atoms with Gasteiger partial charge in [-0.15, -0.1) is 0 Å². The molecule has 0 N–H and O–H groups in total. The zero-order valence-corrected chi connectivity index (χ0v) is 14.3. The standard InChI is InChI=1S/C17H20F3N3O/c1-11-8-6-7-9-13(11)23(5)15-21-10-12(17(18,19)20)14(22-15)24-16(2,3)4/h6-10H,1-5H3. The smallest absolute Gasteiger partial charge is 0.423 e. The number of ether oxygens (including phenoxy) is 1. The minimum Gasteiger partial charge on any atom is -0.471 e. The number of para-hydroxylation sites is 1. The molecule has 0 aliphatic heterocycles. The van der Waals surface area contributed by atoms with Crippen molar-refractivity contribution < 1.29 is 17.9 Å². The fraction of sp³-hybridized carbons (Fsp3) is 0.412. The van der Waals surface area contributed by atoms with Crippen molar-refractivity contribution in [1.82, 2.24) is 9.97 Å². The number of alkyl halides is 3. The van der Waals surface area contributed by atoms with Crippen molar-refractivity contribution in [3.63, 3.8) is 0 Å². The lowest BCUT2D eigenvalue weighted by Gasteiger charge is -2.25. The van der Waals surface area contributed by atoms with E-state index in [1.165, 1.54) is 0 Å². The van der Waals surface area contributed by atoms with E-state index in [4.69, 9.17) is 4.74 Å². The minimum atomic E-state index is -4.58. The van der Waals surface area contributed by atoms with Gasteiger partial charge in [-0.25, -0.2) is 4.98 Å². The molecule has 1 aromatic carbocycles. The zero-order valence-electron chi connectivity index (χ0n) is 14.3. The van der Waals surface area contributed by atoms with Crippen LogP contribution < -0.4 is 9.64 Å². The van der Waals surface area contributed by atoms with E-state index >= 15 is 0 Å². The van der Waals surface area contributed by atoms with E-state index in [1.54, 1.807) is 32.7 Å². The Kier molecular flexibility index (Phi) is 4.73. The van der Waals surface area contributed by atoms with Gasteiger partial charge >= 0.3 is 6.18 Å². The van der Waals surface area contributed by atoms with E-state index in [2.05, 4.69) is 9.97 Å². The number of nitrogens with zero attached hydrogens (tertiary/aromatic N) is 3. The molecule has 7 heteroatoms. The van der Waals surface area contributed by atoms with Crippen molar-refractivity contribution in [2.24, 2.45) is 0 Å². The first-order valence-electron chi connectivity index (χ1n) is 7.41. The molecule has 0 spiro atoms. The first-order valence-corrected chi connectivity index (χ1v) is 7.41. The third kappa shape index (κ3) is 4.15. The predicted octanol–water partition coefficient (Wildman–Crippen LogP) is 4.75. The van der Waals surface area contributed by atoms with Crippen LogP contribution in [-0.4, -0.2) is 22.6 Å². The maximum absolute atomic E-state index is 13.2. The van der Waals surface area contributed by atoms with Gasteiger partial charge in [-0.05, 0) is 39.3 Å². The summed E-state index contributed by atoms with van der Waals surface area (Å²) in [6, 6.07) is 7.48. The summed E-state index contributed by atoms with van der Waals surface area (Å²) < 4.78 is 44.9. The van der Waals surface area contributed by atoms with Crippen molar-refractivity contribution in [2.45, 2.75) is 39.5 Å². The van der Waals surface area contributed by atoms with Crippen LogP contribution in [0.5, 0.6) is 5.88 Å². The van der Waals surface area contributed by atoms with Gasteiger partial charge in [-0.3, -0.25) is 0 Å². The molecular formula is C17H20F3N3O. The summed E-state index contributed by atoms with van der Waals surface area (Å²) in [5, 5.41) is 0. The Bertz CT molecular complexity index is 724. The van der Waals surface area contributed by atoms with E-state index in [-0.39, 0.29) is 5.95 Å². The van der Waals surface area contributed by atoms with Crippen LogP contribution in [0.2, 0.25) is 0 Å². The van der Waals surface area contributed by atoms with Crippen molar-refractivity contribution in [3.05, 3.63) is 41.6 Å². The molecule has 0 aliphatic carbocycles. The number of benzene rings is 1. The Morgan fingerprint density at radius 2 is 1.71 bits per heavy atom. The molecule has 0 fully saturated rings. The summed E-state index contributed by atoms with van der Waals surface area (Å²) in [4.78, 5) is 9.51. The van der Waals surface area contributed by atoms with E-state index in [9.17, 15) is 13.2 Å². The largest absolute Gasteiger partial charge is 0.471 e. The number of halogens is 3. The van der Waals surface area contributed by atoms with Crippen molar-refractivity contribution in [3.8, 4) is 5.88 Å². The predicted molar refractivity (Wildman–Crippen MR) is 86.7 cm³/mol. The van der Waals surface area contributed by atoms with Crippen LogP contribution in [0.1, 0.15) is 31.9 Å². The third-order valence-electron chi connectivity index (χ3n) is 3.23. The van der Waals surface area contributed by atoms with Crippen molar-refractivity contribution in [2.75, 3.05) is 11.9 Å². The molecule has 130 valence electrons. The second-order valence-corrected chi connectivity index (χ2v) is 6.45. The maximum Gasteiger partial charge on any atom is 0.423 e. The van der Waals surface area contributed by atoms with Crippen LogP contribution in [0.3, 0.4) is 0 Å². The van der Waals surface area contributed by atoms with Crippen molar-refractivity contribution in [1.29, 1.82) is 0 Å². The van der Waals surface area contributed by atoms with Gasteiger partial charge in [0, 0.05) is 18.9 Å². The fourth-order valence-electron chi connectivity index (χ4n) is 2.13. The highest BCUT2D eigenvalue weighted by Crippen LogP contribution is 2.37. The van der Waals surface area contributed by atoms with Gasteiger partial charge < -0.3 is 9.64 Å². The molecule has 2 aromatic rings. The van der Waals surface area contributed by atoms with E-state index in [0.717, 1.165) is 17.4 Å². The first-order chi connectivity index (χ1) is 11.0. The SMILES string of the molecule is Cc1ccccc1N(C)c1ncc(C(F)(F)F)c(OC(C)(C)C)n1. The summed E-state index contributed by atoms with van der Waals surface area (Å²) in [6.45, 7) is 6.91. The molecule has 1 aromatic heterocycles. The highest BCUT2D eigenvalue weighted by atomic mass is 19.4. The lowest BCUT2D eigenvalue weighted by molar-refractivity contribution is -0.140. The summed E-state index contributed by atoms with van der Waals surface area (Å²) in [7, 11) is 1.70. The van der Waals surface area contributed by atoms with Crippen LogP contribution in [0.4, 0.5) is 24.8 Å². The van der Waals surface area contributed by atoms with Gasteiger partial charge in [0.15, 0.2) is 0 Å². The molecule has 2 rings (SSSR count). The Morgan fingerprint density at radius 3 is 2.25 bits per heavy atom. The molecule has 1 heterocycles. The minimum absolute atomic E-state index is 0.136. The Morgan fingerprint density at radius 1 is 1.08 bits per heavy atom. The summed E-state index contributed by atoms with van der Waals surface area (Å²) in [6.07, 6.45) is -3.82. The Hall–Kier alpha value is -2.31. The maximum atomic E-state index is 13.2. The van der Waals surface area contributed by atoms with E-state index in [1.807, 2.05) is 31.2 Å². The lowest BCUT2D eigenvalue weighted by atomic mass is 10.2. The van der Waals surface area contributed by atoms with Gasteiger partial charge in [-0.1, -0.05) is 18.2 Å². The molecule has 4 nitrogen and oxygen atoms in total. The zero-order chi connectivity index (χ0) is 18.1. The molecular weight excluding hydrogens is 319 g/mol. The average molecular weight is 339 g/mol. The topological polar surface area (TPSA) is 38.2 Å². The van der Waals surface area contributed by atoms with E-state index in [0.29, 0.717) is 0 Å². The molecule has 0 saturated heterocycles. The van der Waals surface area contributed by atoms with Crippen LogP contribution in [0.15, 0.2) is 30.5 Å². The Balaban J connectivity index is 2.49. The molecule has 0 atom stereocenters. The molecule has 24 heavy (non-hydrogen) atoms. The first kappa shape index (κ1) is 18.0. The fourth-order valence-corrected chi connectivity index (χ4v) is 2.13. The summed E-state index contributed by atoms with van der Waals surface area (Å²) in [5.41, 5.74) is -0.0348. The summed E-state index contributed by atoms with van der Waals surface area (Å²) >= 11 is 0. The quantitative estimate of drug-likeness (QED) is 0.809. The second kappa shape index (κ2) is 6.30. The highest BCUT2D eigenvalue weighted by Gasteiger charge is 2.37. The van der Waals surface area contributed by atoms with Crippen LogP contribution in [0, 0.1) is 6.92 Å². The summed E-state index contributed by atoms with van der Waals surface area (Å²) in [5.74, 6) is -0.336. The number of anilines is 2. The lowest BCUT2D eigenvalue weighted by Crippen LogP contribution is -2.26. The Labute approximate surface area is 139 Å². The number of aryl methyl sites for hydroxylation is 1. The van der Waals surface area contributed by atoms with Crippen LogP contribution >= 0.6 is 0 Å². The van der Waals surface area contributed by atoms with Crippen LogP contribution in [-0.2, 0) is 6.18 Å². The van der Waals surface area contributed by atoms with Crippen LogP contribution in [0.25, 0.3) is 0 Å². The molecule has 0 bridgehead atoms. The average Bonchev–Trinajstić information content (AvgIpc) is 2.44. The number of hydrogen-bond donors (Lipinski definition) is 0. The van der Waals surface area contributed by atoms with Gasteiger partial charge in [0.2, 0.25) is 11.8 Å². The molecule has 0 aliphatic rings. The second-order valence-electron chi connectivity index (χ2n) is 6.45. The van der Waals surface area contributed by atoms with Gasteiger partial charge in [0.1, 0.15) is 11.2 Å². The number of hydrogen-bond acceptors (Lipinski definition) is 4. The van der Waals surface area contributed by atoms with E-state index < -0.39 is 23.2 Å². The van der Waals surface area contributed by atoms with Gasteiger partial charge in [-0.2, -0.15) is 18.2 Å². The van der Waals surface area contributed by atoms with Gasteiger partial charge in [0.05, 0.1) is 0 Å². The number of aromatic nitrogens is 2. The monoisotopic (exact) mass is 339 g/mol. The molecule has 0 radical (unpaired) electrons. The van der Waals surface area contributed by atoms with Crippen molar-refractivity contribution >= 4 is 11.6 Å². The normalized spacial score (nSPS) is 12.2. The molecule has 0 amide bonds. The third-order valence-corrected chi connectivity index (χ3v) is 3.23. The molecule has 0 saturated carbocycles. The highest BCUT2D eigenvalue weighted by molar-refractivity contribution is 5.61. The molecule has 0 unspecified atom stereocenters.